The molecule has 0 saturated heterocycles. The summed E-state index contributed by atoms with van der Waals surface area (Å²) in [6.07, 6.45) is 2.14. The van der Waals surface area contributed by atoms with Crippen LogP contribution in [0.15, 0.2) is 42.5 Å². The molecule has 0 fully saturated rings. The zero-order chi connectivity index (χ0) is 21.2. The van der Waals surface area contributed by atoms with E-state index in [1.807, 2.05) is 0 Å². The van der Waals surface area contributed by atoms with Crippen molar-refractivity contribution >= 4 is 18.2 Å². The molecule has 8 heteroatoms. The molecule has 29 heavy (non-hydrogen) atoms. The van der Waals surface area contributed by atoms with E-state index in [0.29, 0.717) is 37.7 Å². The zero-order valence-electron chi connectivity index (χ0n) is 15.8. The van der Waals surface area contributed by atoms with Gasteiger partial charge < -0.3 is 26.0 Å². The maximum atomic E-state index is 12.3. The lowest BCUT2D eigenvalue weighted by Gasteiger charge is -2.14. The Hall–Kier alpha value is -3.39. The first-order valence-corrected chi connectivity index (χ1v) is 9.19. The summed E-state index contributed by atoms with van der Waals surface area (Å²) in [7, 11) is 0. The van der Waals surface area contributed by atoms with Gasteiger partial charge in [0.2, 0.25) is 0 Å². The third-order valence-electron chi connectivity index (χ3n) is 4.32. The summed E-state index contributed by atoms with van der Waals surface area (Å²) in [5, 5.41) is 21.4. The van der Waals surface area contributed by atoms with Crippen molar-refractivity contribution < 1.29 is 29.3 Å². The second kappa shape index (κ2) is 10.8. The number of phenols is 1. The molecule has 2 aromatic rings. The Bertz CT molecular complexity index is 851. The van der Waals surface area contributed by atoms with Crippen molar-refractivity contribution in [3.8, 4) is 11.5 Å². The highest BCUT2D eigenvalue weighted by molar-refractivity contribution is 5.96. The first-order valence-electron chi connectivity index (χ1n) is 9.19. The number of aromatic hydroxyl groups is 1. The molecule has 1 atom stereocenters. The maximum absolute atomic E-state index is 12.3. The molecule has 0 spiro atoms. The lowest BCUT2D eigenvalue weighted by atomic mass is 10.1. The lowest BCUT2D eigenvalue weighted by molar-refractivity contribution is -0.139. The average Bonchev–Trinajstić information content (AvgIpc) is 2.71. The number of ether oxygens (including phenoxy) is 1. The molecule has 154 valence electrons. The average molecular weight is 400 g/mol. The number of nitrogens with one attached hydrogen (secondary N) is 1. The van der Waals surface area contributed by atoms with Crippen molar-refractivity contribution in [1.29, 1.82) is 0 Å². The standard InChI is InChI=1S/C21H24N2O6/c22-11-2-1-4-17(21(27)28)23-20(26)15-9-7-14(8-10-15)13-29-19-6-3-5-18(25)16(19)12-24/h3,5-10,12,17,25H,1-2,4,11,13,22H2,(H,23,26)(H,27,28)/t17-/m0/s1. The van der Waals surface area contributed by atoms with Crippen LogP contribution >= 0.6 is 0 Å². The number of amides is 1. The molecule has 5 N–H and O–H groups in total. The Balaban J connectivity index is 1.97. The van der Waals surface area contributed by atoms with Crippen LogP contribution in [0.25, 0.3) is 0 Å². The molecule has 0 aliphatic heterocycles. The normalized spacial score (nSPS) is 11.5. The van der Waals surface area contributed by atoms with Gasteiger partial charge in [0.1, 0.15) is 24.1 Å². The first-order chi connectivity index (χ1) is 14.0. The molecule has 0 bridgehead atoms. The van der Waals surface area contributed by atoms with Crippen LogP contribution in [0.1, 0.15) is 45.5 Å². The van der Waals surface area contributed by atoms with E-state index in [1.165, 1.54) is 6.07 Å². The molecule has 0 heterocycles. The fraction of sp³-hybridized carbons (Fsp3) is 0.286. The van der Waals surface area contributed by atoms with Gasteiger partial charge in [-0.15, -0.1) is 0 Å². The largest absolute Gasteiger partial charge is 0.507 e. The number of carboxylic acids is 1. The van der Waals surface area contributed by atoms with E-state index in [0.717, 1.165) is 5.56 Å². The van der Waals surface area contributed by atoms with Gasteiger partial charge in [-0.05, 0) is 55.6 Å². The van der Waals surface area contributed by atoms with E-state index >= 15 is 0 Å². The maximum Gasteiger partial charge on any atom is 0.326 e. The molecule has 0 aliphatic rings. The van der Waals surface area contributed by atoms with Gasteiger partial charge in [0.15, 0.2) is 6.29 Å². The van der Waals surface area contributed by atoms with Crippen molar-refractivity contribution in [3.05, 3.63) is 59.2 Å². The van der Waals surface area contributed by atoms with Crippen molar-refractivity contribution in [2.75, 3.05) is 6.54 Å². The minimum absolute atomic E-state index is 0.0674. The Kier molecular flexibility index (Phi) is 8.17. The van der Waals surface area contributed by atoms with Crippen LogP contribution in [-0.2, 0) is 11.4 Å². The number of hydrogen-bond acceptors (Lipinski definition) is 6. The molecule has 2 aromatic carbocycles. The van der Waals surface area contributed by atoms with Crippen molar-refractivity contribution in [2.24, 2.45) is 5.73 Å². The molecule has 0 saturated carbocycles. The van der Waals surface area contributed by atoms with Crippen molar-refractivity contribution in [3.63, 3.8) is 0 Å². The third kappa shape index (κ3) is 6.32. The Labute approximate surface area is 168 Å². The molecular weight excluding hydrogens is 376 g/mol. The summed E-state index contributed by atoms with van der Waals surface area (Å²) >= 11 is 0. The van der Waals surface area contributed by atoms with Crippen LogP contribution in [0.3, 0.4) is 0 Å². The Morgan fingerprint density at radius 1 is 1.14 bits per heavy atom. The van der Waals surface area contributed by atoms with Crippen LogP contribution in [0, 0.1) is 0 Å². The second-order valence-corrected chi connectivity index (χ2v) is 6.44. The number of carbonyl (C=O) groups excluding carboxylic acids is 2. The van der Waals surface area contributed by atoms with Crippen LogP contribution in [0.2, 0.25) is 0 Å². The summed E-state index contributed by atoms with van der Waals surface area (Å²) < 4.78 is 5.57. The molecule has 0 aliphatic carbocycles. The highest BCUT2D eigenvalue weighted by Crippen LogP contribution is 2.26. The monoisotopic (exact) mass is 400 g/mol. The SMILES string of the molecule is NCCCC[C@H](NC(=O)c1ccc(COc2cccc(O)c2C=O)cc1)C(=O)O. The van der Waals surface area contributed by atoms with E-state index in [1.54, 1.807) is 36.4 Å². The highest BCUT2D eigenvalue weighted by atomic mass is 16.5. The smallest absolute Gasteiger partial charge is 0.326 e. The molecule has 8 nitrogen and oxygen atoms in total. The number of phenolic OH excluding ortho intramolecular Hbond substituents is 1. The number of aldehydes is 1. The molecule has 2 rings (SSSR count). The van der Waals surface area contributed by atoms with Gasteiger partial charge in [-0.25, -0.2) is 4.79 Å². The van der Waals surface area contributed by atoms with E-state index in [4.69, 9.17) is 10.5 Å². The number of rotatable bonds is 11. The van der Waals surface area contributed by atoms with E-state index in [9.17, 15) is 24.6 Å². The van der Waals surface area contributed by atoms with Gasteiger partial charge in [0, 0.05) is 5.56 Å². The minimum Gasteiger partial charge on any atom is -0.507 e. The van der Waals surface area contributed by atoms with Gasteiger partial charge in [-0.2, -0.15) is 0 Å². The van der Waals surface area contributed by atoms with Gasteiger partial charge >= 0.3 is 5.97 Å². The van der Waals surface area contributed by atoms with Gasteiger partial charge in [-0.1, -0.05) is 18.2 Å². The van der Waals surface area contributed by atoms with Crippen LogP contribution in [0.4, 0.5) is 0 Å². The number of carbonyl (C=O) groups is 3. The number of benzene rings is 2. The van der Waals surface area contributed by atoms with E-state index in [-0.39, 0.29) is 23.7 Å². The van der Waals surface area contributed by atoms with Gasteiger partial charge in [0.05, 0.1) is 5.56 Å². The van der Waals surface area contributed by atoms with Gasteiger partial charge in [0.25, 0.3) is 5.91 Å². The number of hydrogen-bond donors (Lipinski definition) is 4. The molecule has 0 radical (unpaired) electrons. The molecule has 0 aromatic heterocycles. The lowest BCUT2D eigenvalue weighted by Crippen LogP contribution is -2.40. The Morgan fingerprint density at radius 2 is 1.86 bits per heavy atom. The fourth-order valence-electron chi connectivity index (χ4n) is 2.68. The highest BCUT2D eigenvalue weighted by Gasteiger charge is 2.20. The van der Waals surface area contributed by atoms with Crippen LogP contribution in [-0.4, -0.2) is 41.0 Å². The van der Waals surface area contributed by atoms with Gasteiger partial charge in [-0.3, -0.25) is 9.59 Å². The van der Waals surface area contributed by atoms with Crippen LogP contribution in [0.5, 0.6) is 11.5 Å². The topological polar surface area (TPSA) is 139 Å². The number of nitrogens with two attached hydrogens (primary N) is 1. The summed E-state index contributed by atoms with van der Waals surface area (Å²) in [5.41, 5.74) is 6.53. The molecule has 1 amide bonds. The number of carboxylic acid groups (broad SMARTS) is 1. The summed E-state index contributed by atoms with van der Waals surface area (Å²) in [6, 6.07) is 10.0. The minimum atomic E-state index is -1.09. The quantitative estimate of drug-likeness (QED) is 0.334. The molecule has 0 unspecified atom stereocenters. The zero-order valence-corrected chi connectivity index (χ0v) is 15.8. The number of aliphatic carboxylic acids is 1. The predicted molar refractivity (Wildman–Crippen MR) is 106 cm³/mol. The summed E-state index contributed by atoms with van der Waals surface area (Å²) in [4.78, 5) is 34.7. The third-order valence-corrected chi connectivity index (χ3v) is 4.32. The first kappa shape index (κ1) is 21.9. The van der Waals surface area contributed by atoms with Crippen molar-refractivity contribution in [1.82, 2.24) is 5.32 Å². The van der Waals surface area contributed by atoms with Crippen molar-refractivity contribution in [2.45, 2.75) is 31.9 Å². The number of unbranched alkanes of at least 4 members (excludes halogenated alkanes) is 1. The fourth-order valence-corrected chi connectivity index (χ4v) is 2.68. The van der Waals surface area contributed by atoms with E-state index < -0.39 is 17.9 Å². The summed E-state index contributed by atoms with van der Waals surface area (Å²) in [5.74, 6) is -1.47. The molecular formula is C21H24N2O6. The Morgan fingerprint density at radius 3 is 2.48 bits per heavy atom. The van der Waals surface area contributed by atoms with E-state index in [2.05, 4.69) is 5.32 Å². The summed E-state index contributed by atoms with van der Waals surface area (Å²) in [6.45, 7) is 0.601. The second-order valence-electron chi connectivity index (χ2n) is 6.44. The van der Waals surface area contributed by atoms with Crippen LogP contribution < -0.4 is 15.8 Å². The predicted octanol–water partition coefficient (Wildman–Crippen LogP) is 2.10.